The van der Waals surface area contributed by atoms with E-state index in [1.165, 1.54) is 6.26 Å². The predicted octanol–water partition coefficient (Wildman–Crippen LogP) is 4.48. The maximum Gasteiger partial charge on any atom is 0.333 e. The molecule has 5 heterocycles. The van der Waals surface area contributed by atoms with Crippen LogP contribution in [-0.2, 0) is 24.1 Å². The molecule has 0 radical (unpaired) electrons. The molecule has 11 heteroatoms. The number of aryl methyl sites for hydroxylation is 2. The monoisotopic (exact) mass is 593 g/mol. The van der Waals surface area contributed by atoms with E-state index in [0.717, 1.165) is 68.4 Å². The zero-order valence-corrected chi connectivity index (χ0v) is 25.0. The average Bonchev–Trinajstić information content (AvgIpc) is 3.57. The van der Waals surface area contributed by atoms with Crippen molar-refractivity contribution in [2.24, 2.45) is 14.1 Å². The van der Waals surface area contributed by atoms with Crippen LogP contribution in [0, 0.1) is 0 Å². The zero-order valence-electron chi connectivity index (χ0n) is 24.2. The molecule has 0 amide bonds. The molecule has 0 bridgehead atoms. The first-order valence-electron chi connectivity index (χ1n) is 14.2. The summed E-state index contributed by atoms with van der Waals surface area (Å²) in [5.41, 5.74) is 7.69. The number of nitrogens with zero attached hydrogens (tertiary/aromatic N) is 7. The van der Waals surface area contributed by atoms with Crippen molar-refractivity contribution in [1.82, 2.24) is 33.2 Å². The van der Waals surface area contributed by atoms with Gasteiger partial charge in [-0.15, -0.1) is 0 Å². The van der Waals surface area contributed by atoms with Gasteiger partial charge in [0, 0.05) is 56.1 Å². The van der Waals surface area contributed by atoms with Gasteiger partial charge >= 0.3 is 5.69 Å². The lowest BCUT2D eigenvalue weighted by Gasteiger charge is -2.31. The fourth-order valence-corrected chi connectivity index (χ4v) is 7.03. The second-order valence-electron chi connectivity index (χ2n) is 11.3. The average molecular weight is 594 g/mol. The van der Waals surface area contributed by atoms with Gasteiger partial charge in [0.15, 0.2) is 0 Å². The van der Waals surface area contributed by atoms with Gasteiger partial charge in [0.05, 0.1) is 46.6 Å². The van der Waals surface area contributed by atoms with Crippen molar-refractivity contribution in [2.45, 2.75) is 18.8 Å². The maximum atomic E-state index is 13.6. The third-order valence-electron chi connectivity index (χ3n) is 8.46. The van der Waals surface area contributed by atoms with Crippen molar-refractivity contribution in [2.75, 3.05) is 19.3 Å². The summed E-state index contributed by atoms with van der Waals surface area (Å²) in [4.78, 5) is 22.9. The van der Waals surface area contributed by atoms with Crippen LogP contribution in [0.25, 0.3) is 50.0 Å². The van der Waals surface area contributed by atoms with E-state index in [4.69, 9.17) is 0 Å². The lowest BCUT2D eigenvalue weighted by molar-refractivity contribution is 0.317. The maximum absolute atomic E-state index is 13.6. The molecule has 1 unspecified atom stereocenters. The Morgan fingerprint density at radius 2 is 1.67 bits per heavy atom. The molecule has 0 spiro atoms. The number of aromatic nitrogens is 6. The molecule has 1 aliphatic heterocycles. The topological polar surface area (TPSA) is 108 Å². The first kappa shape index (κ1) is 27.2. The van der Waals surface area contributed by atoms with Crippen molar-refractivity contribution >= 4 is 32.0 Å². The quantitative estimate of drug-likeness (QED) is 0.292. The van der Waals surface area contributed by atoms with E-state index >= 15 is 0 Å². The van der Waals surface area contributed by atoms with Crippen molar-refractivity contribution in [3.8, 4) is 28.1 Å². The van der Waals surface area contributed by atoms with Crippen LogP contribution in [0.2, 0.25) is 0 Å². The van der Waals surface area contributed by atoms with Gasteiger partial charge in [0.2, 0.25) is 10.0 Å². The lowest BCUT2D eigenvalue weighted by Crippen LogP contribution is -2.38. The van der Waals surface area contributed by atoms with Crippen LogP contribution in [0.1, 0.15) is 24.3 Å². The zero-order chi connectivity index (χ0) is 29.9. The molecule has 1 atom stereocenters. The van der Waals surface area contributed by atoms with E-state index in [2.05, 4.69) is 21.1 Å². The summed E-state index contributed by atoms with van der Waals surface area (Å²) >= 11 is 0. The van der Waals surface area contributed by atoms with E-state index < -0.39 is 10.0 Å². The molecule has 0 aliphatic carbocycles. The van der Waals surface area contributed by atoms with Gasteiger partial charge in [0.25, 0.3) is 0 Å². The van der Waals surface area contributed by atoms with Gasteiger partial charge in [-0.05, 0) is 60.2 Å². The van der Waals surface area contributed by atoms with Gasteiger partial charge in [-0.3, -0.25) is 23.8 Å². The second kappa shape index (κ2) is 10.3. The second-order valence-corrected chi connectivity index (χ2v) is 13.3. The van der Waals surface area contributed by atoms with E-state index in [1.54, 1.807) is 37.6 Å². The summed E-state index contributed by atoms with van der Waals surface area (Å²) in [6.07, 6.45) is 10.3. The predicted molar refractivity (Wildman–Crippen MR) is 168 cm³/mol. The van der Waals surface area contributed by atoms with Gasteiger partial charge in [-0.2, -0.15) is 5.10 Å². The van der Waals surface area contributed by atoms with Gasteiger partial charge in [-0.1, -0.05) is 24.3 Å². The van der Waals surface area contributed by atoms with Crippen LogP contribution in [0.3, 0.4) is 0 Å². The molecule has 10 nitrogen and oxygen atoms in total. The van der Waals surface area contributed by atoms with Gasteiger partial charge in [-0.25, -0.2) is 17.5 Å². The number of hydrogen-bond acceptors (Lipinski definition) is 6. The first-order valence-corrected chi connectivity index (χ1v) is 16.0. The van der Waals surface area contributed by atoms with Gasteiger partial charge < -0.3 is 0 Å². The summed E-state index contributed by atoms with van der Waals surface area (Å²) in [6.45, 7) is 1.04. The van der Waals surface area contributed by atoms with E-state index in [-0.39, 0.29) is 11.6 Å². The Morgan fingerprint density at radius 3 is 2.37 bits per heavy atom. The molecule has 1 saturated heterocycles. The number of imidazole rings is 1. The highest BCUT2D eigenvalue weighted by atomic mass is 32.2. The number of benzene rings is 2. The fraction of sp³-hybridized carbons (Fsp3) is 0.250. The standard InChI is InChI=1S/C32H31N7O3S/c1-36-19-25(17-35-36)28-12-9-23(16-33-28)22-8-13-29-27(15-22)31-30(18-34-29)37(2)32(40)39(31)26-10-6-21(7-11-26)24-5-4-14-38(20-24)43(3,41)42/h6-13,15-19,24H,4-5,14,20H2,1-3H3. The smallest absolute Gasteiger partial charge is 0.293 e. The van der Waals surface area contributed by atoms with E-state index in [1.807, 2.05) is 68.0 Å². The normalized spacial score (nSPS) is 16.3. The summed E-state index contributed by atoms with van der Waals surface area (Å²) in [5, 5.41) is 5.10. The summed E-state index contributed by atoms with van der Waals surface area (Å²) in [6, 6.07) is 18.0. The molecule has 43 heavy (non-hydrogen) atoms. The molecule has 7 rings (SSSR count). The van der Waals surface area contributed by atoms with Crippen LogP contribution in [0.5, 0.6) is 0 Å². The van der Waals surface area contributed by atoms with Crippen LogP contribution in [0.4, 0.5) is 0 Å². The molecule has 1 aliphatic rings. The number of fused-ring (bicyclic) bond motifs is 3. The highest BCUT2D eigenvalue weighted by molar-refractivity contribution is 7.88. The molecule has 0 N–H and O–H groups in total. The number of rotatable bonds is 5. The molecule has 6 aromatic rings. The molecule has 4 aromatic heterocycles. The Bertz CT molecular complexity index is 2160. The van der Waals surface area contributed by atoms with Crippen molar-refractivity contribution < 1.29 is 8.42 Å². The number of sulfonamides is 1. The summed E-state index contributed by atoms with van der Waals surface area (Å²) in [5.74, 6) is 0.118. The third-order valence-corrected chi connectivity index (χ3v) is 9.73. The highest BCUT2D eigenvalue weighted by Crippen LogP contribution is 2.32. The Balaban J connectivity index is 1.29. The van der Waals surface area contributed by atoms with Crippen molar-refractivity contribution in [1.29, 1.82) is 0 Å². The summed E-state index contributed by atoms with van der Waals surface area (Å²) in [7, 11) is 0.407. The molecule has 2 aromatic carbocycles. The van der Waals surface area contributed by atoms with Crippen LogP contribution in [0.15, 0.2) is 84.2 Å². The van der Waals surface area contributed by atoms with Crippen LogP contribution < -0.4 is 5.69 Å². The Hall–Kier alpha value is -4.61. The molecule has 218 valence electrons. The number of hydrogen-bond donors (Lipinski definition) is 0. The van der Waals surface area contributed by atoms with Gasteiger partial charge in [0.1, 0.15) is 0 Å². The molecule has 0 saturated carbocycles. The minimum absolute atomic E-state index is 0.118. The Morgan fingerprint density at radius 1 is 0.884 bits per heavy atom. The van der Waals surface area contributed by atoms with Crippen molar-refractivity contribution in [3.63, 3.8) is 0 Å². The minimum atomic E-state index is -3.23. The Labute approximate surface area is 248 Å². The summed E-state index contributed by atoms with van der Waals surface area (Å²) < 4.78 is 30.9. The van der Waals surface area contributed by atoms with Crippen LogP contribution >= 0.6 is 0 Å². The number of piperidine rings is 1. The minimum Gasteiger partial charge on any atom is -0.293 e. The first-order chi connectivity index (χ1) is 20.7. The highest BCUT2D eigenvalue weighted by Gasteiger charge is 2.27. The lowest BCUT2D eigenvalue weighted by atomic mass is 9.91. The SMILES string of the molecule is Cn1cc(-c2ccc(-c3ccc4ncc5c(c4c3)n(-c3ccc(C4CCCN(S(C)(=O)=O)C4)cc3)c(=O)n5C)cn2)cn1. The van der Waals surface area contributed by atoms with E-state index in [0.29, 0.717) is 13.1 Å². The third kappa shape index (κ3) is 4.84. The van der Waals surface area contributed by atoms with Crippen molar-refractivity contribution in [3.05, 3.63) is 95.4 Å². The number of pyridine rings is 2. The van der Waals surface area contributed by atoms with E-state index in [9.17, 15) is 13.2 Å². The molecule has 1 fully saturated rings. The molecular formula is C32H31N7O3S. The fourth-order valence-electron chi connectivity index (χ4n) is 6.12. The Kier molecular flexibility index (Phi) is 6.51. The molecular weight excluding hydrogens is 562 g/mol. The largest absolute Gasteiger partial charge is 0.333 e. The van der Waals surface area contributed by atoms with Crippen LogP contribution in [-0.4, -0.2) is 61.0 Å².